The molecular formula is C18H21F2N3O. The second kappa shape index (κ2) is 6.18. The van der Waals surface area contributed by atoms with Crippen LogP contribution in [0.15, 0.2) is 30.5 Å². The van der Waals surface area contributed by atoms with E-state index in [1.54, 1.807) is 25.3 Å². The fraction of sp³-hybridized carbons (Fsp3) is 0.444. The van der Waals surface area contributed by atoms with Gasteiger partial charge in [0.25, 0.3) is 0 Å². The maximum atomic E-state index is 14.2. The van der Waals surface area contributed by atoms with Gasteiger partial charge in [-0.3, -0.25) is 5.43 Å². The summed E-state index contributed by atoms with van der Waals surface area (Å²) in [5.41, 5.74) is 4.00. The Bertz CT molecular complexity index is 696. The number of nitrogens with one attached hydrogen (secondary N) is 1. The van der Waals surface area contributed by atoms with Crippen LogP contribution in [0.4, 0.5) is 8.78 Å². The van der Waals surface area contributed by atoms with Crippen LogP contribution in [-0.4, -0.2) is 35.8 Å². The smallest absolute Gasteiger partial charge is 0.133 e. The van der Waals surface area contributed by atoms with Crippen LogP contribution >= 0.6 is 0 Å². The van der Waals surface area contributed by atoms with Crippen molar-refractivity contribution in [3.8, 4) is 0 Å². The normalized spacial score (nSPS) is 28.7. The molecule has 5 rings (SSSR count). The molecule has 4 heterocycles. The molecule has 0 radical (unpaired) electrons. The highest BCUT2D eigenvalue weighted by molar-refractivity contribution is 5.66. The summed E-state index contributed by atoms with van der Waals surface area (Å²) in [6, 6.07) is 2.43. The van der Waals surface area contributed by atoms with Gasteiger partial charge in [0.15, 0.2) is 0 Å². The van der Waals surface area contributed by atoms with Gasteiger partial charge < -0.3 is 4.90 Å². The molecule has 0 aliphatic carbocycles. The minimum absolute atomic E-state index is 0.128. The lowest BCUT2D eigenvalue weighted by Crippen LogP contribution is -2.54. The lowest BCUT2D eigenvalue weighted by molar-refractivity contribution is -0.224. The van der Waals surface area contributed by atoms with Crippen LogP contribution < -0.4 is 5.43 Å². The van der Waals surface area contributed by atoms with Gasteiger partial charge in [-0.1, -0.05) is 0 Å². The molecule has 2 bridgehead atoms. The monoisotopic (exact) mass is 333 g/mol. The predicted molar refractivity (Wildman–Crippen MR) is 87.2 cm³/mol. The van der Waals surface area contributed by atoms with Crippen LogP contribution in [0.2, 0.25) is 0 Å². The van der Waals surface area contributed by atoms with Gasteiger partial charge >= 0.3 is 0 Å². The molecule has 1 N–H and O–H groups in total. The van der Waals surface area contributed by atoms with Crippen molar-refractivity contribution < 1.29 is 13.6 Å². The van der Waals surface area contributed by atoms with Crippen LogP contribution in [0, 0.1) is 24.5 Å². The zero-order chi connectivity index (χ0) is 16.7. The second-order valence-corrected chi connectivity index (χ2v) is 6.72. The summed E-state index contributed by atoms with van der Waals surface area (Å²) in [4.78, 5) is 8.46. The summed E-state index contributed by atoms with van der Waals surface area (Å²) in [5.74, 6) is -0.313. The minimum Gasteiger partial charge on any atom is -0.301 e. The van der Waals surface area contributed by atoms with Crippen LogP contribution in [0.1, 0.15) is 24.0 Å². The molecule has 0 aromatic heterocycles. The standard InChI is InChI=1S/C18H21F2N3O/c1-12-9-16(20)14(10-15(12)19)17-3-2-6-23(21-17)24-18-11-22-7-4-13(18)5-8-22/h2-3,6,9-10,13,18,21H,4-5,7-8,11H2,1H3/t18-/m0/s1. The average Bonchev–Trinajstić information content (AvgIpc) is 2.59. The van der Waals surface area contributed by atoms with E-state index in [9.17, 15) is 8.78 Å². The third kappa shape index (κ3) is 2.91. The van der Waals surface area contributed by atoms with Gasteiger partial charge in [-0.25, -0.2) is 13.6 Å². The predicted octanol–water partition coefficient (Wildman–Crippen LogP) is 2.97. The summed E-state index contributed by atoms with van der Waals surface area (Å²) in [6.45, 7) is 4.76. The second-order valence-electron chi connectivity index (χ2n) is 6.72. The van der Waals surface area contributed by atoms with E-state index < -0.39 is 11.6 Å². The molecule has 1 atom stereocenters. The van der Waals surface area contributed by atoms with Gasteiger partial charge in [0.1, 0.15) is 17.7 Å². The minimum atomic E-state index is -0.453. The van der Waals surface area contributed by atoms with Gasteiger partial charge in [0.2, 0.25) is 0 Å². The fourth-order valence-electron chi connectivity index (χ4n) is 3.65. The molecule has 4 aliphatic rings. The van der Waals surface area contributed by atoms with Crippen molar-refractivity contribution in [2.45, 2.75) is 25.9 Å². The van der Waals surface area contributed by atoms with Crippen molar-refractivity contribution in [1.29, 1.82) is 0 Å². The highest BCUT2D eigenvalue weighted by Gasteiger charge is 2.36. The Morgan fingerprint density at radius 2 is 1.96 bits per heavy atom. The molecule has 0 unspecified atom stereocenters. The van der Waals surface area contributed by atoms with Gasteiger partial charge in [-0.15, -0.1) is 0 Å². The lowest BCUT2D eigenvalue weighted by Gasteiger charge is -2.45. The van der Waals surface area contributed by atoms with Crippen molar-refractivity contribution in [3.05, 3.63) is 53.2 Å². The number of fused-ring (bicyclic) bond motifs is 3. The number of allylic oxidation sites excluding steroid dienone is 2. The van der Waals surface area contributed by atoms with Crippen LogP contribution in [0.3, 0.4) is 0 Å². The van der Waals surface area contributed by atoms with E-state index >= 15 is 0 Å². The van der Waals surface area contributed by atoms with E-state index in [1.807, 2.05) is 0 Å². The molecule has 128 valence electrons. The molecule has 24 heavy (non-hydrogen) atoms. The Morgan fingerprint density at radius 1 is 1.17 bits per heavy atom. The number of piperidine rings is 3. The number of hydrazine groups is 1. The SMILES string of the molecule is Cc1cc(F)c(C2=CC=CN(O[C@H]3CN4CCC3CC4)N2)cc1F. The summed E-state index contributed by atoms with van der Waals surface area (Å²) >= 11 is 0. The molecule has 6 heteroatoms. The fourth-order valence-corrected chi connectivity index (χ4v) is 3.65. The largest absolute Gasteiger partial charge is 0.301 e. The molecule has 4 aliphatic heterocycles. The Labute approximate surface area is 140 Å². The van der Waals surface area contributed by atoms with E-state index in [1.165, 1.54) is 17.3 Å². The summed E-state index contributed by atoms with van der Waals surface area (Å²) < 4.78 is 28.0. The van der Waals surface area contributed by atoms with Crippen LogP contribution in [0.25, 0.3) is 5.70 Å². The lowest BCUT2D eigenvalue weighted by atomic mass is 9.86. The van der Waals surface area contributed by atoms with Gasteiger partial charge in [-0.2, -0.15) is 5.17 Å². The van der Waals surface area contributed by atoms with E-state index in [4.69, 9.17) is 4.84 Å². The third-order valence-electron chi connectivity index (χ3n) is 5.10. The van der Waals surface area contributed by atoms with E-state index in [2.05, 4.69) is 10.3 Å². The molecule has 3 fully saturated rings. The Hall–Kier alpha value is -1.92. The molecule has 0 amide bonds. The summed E-state index contributed by atoms with van der Waals surface area (Å²) in [7, 11) is 0. The number of hydrogen-bond acceptors (Lipinski definition) is 4. The molecule has 4 nitrogen and oxygen atoms in total. The topological polar surface area (TPSA) is 27.7 Å². The van der Waals surface area contributed by atoms with E-state index in [0.717, 1.165) is 32.5 Å². The van der Waals surface area contributed by atoms with E-state index in [0.29, 0.717) is 17.2 Å². The first-order valence-corrected chi connectivity index (χ1v) is 8.39. The zero-order valence-electron chi connectivity index (χ0n) is 13.6. The van der Waals surface area contributed by atoms with Crippen molar-refractivity contribution in [2.24, 2.45) is 5.92 Å². The number of nitrogens with zero attached hydrogens (tertiary/aromatic N) is 2. The first kappa shape index (κ1) is 15.6. The highest BCUT2D eigenvalue weighted by atomic mass is 19.1. The molecule has 1 aromatic carbocycles. The zero-order valence-corrected chi connectivity index (χ0v) is 13.6. The maximum absolute atomic E-state index is 14.2. The van der Waals surface area contributed by atoms with Gasteiger partial charge in [0, 0.05) is 12.1 Å². The number of aryl methyl sites for hydroxylation is 1. The molecular weight excluding hydrogens is 312 g/mol. The molecule has 0 saturated carbocycles. The quantitative estimate of drug-likeness (QED) is 0.920. The van der Waals surface area contributed by atoms with Crippen molar-refractivity contribution in [2.75, 3.05) is 19.6 Å². The van der Waals surface area contributed by atoms with Crippen molar-refractivity contribution in [3.63, 3.8) is 0 Å². The number of hydrogen-bond donors (Lipinski definition) is 1. The van der Waals surface area contributed by atoms with Crippen molar-refractivity contribution >= 4 is 5.70 Å². The summed E-state index contributed by atoms with van der Waals surface area (Å²) in [5, 5.41) is 1.51. The van der Waals surface area contributed by atoms with Gasteiger partial charge in [0.05, 0.1) is 11.9 Å². The van der Waals surface area contributed by atoms with Crippen LogP contribution in [0.5, 0.6) is 0 Å². The van der Waals surface area contributed by atoms with Gasteiger partial charge in [-0.05, 0) is 68.6 Å². The van der Waals surface area contributed by atoms with E-state index in [-0.39, 0.29) is 11.7 Å². The first-order valence-electron chi connectivity index (χ1n) is 8.39. The third-order valence-corrected chi connectivity index (χ3v) is 5.10. The highest BCUT2D eigenvalue weighted by Crippen LogP contribution is 2.30. The number of halogens is 2. The molecule has 3 saturated heterocycles. The number of hydroxylamine groups is 1. The van der Waals surface area contributed by atoms with Crippen molar-refractivity contribution in [1.82, 2.24) is 15.5 Å². The number of rotatable bonds is 3. The van der Waals surface area contributed by atoms with Crippen LogP contribution in [-0.2, 0) is 4.84 Å². The maximum Gasteiger partial charge on any atom is 0.133 e. The number of benzene rings is 1. The Kier molecular flexibility index (Phi) is 4.02. The molecule has 0 spiro atoms. The Morgan fingerprint density at radius 3 is 2.67 bits per heavy atom. The first-order chi connectivity index (χ1) is 11.6. The Balaban J connectivity index is 1.47. The molecule has 1 aromatic rings. The average molecular weight is 333 g/mol. The summed E-state index contributed by atoms with van der Waals surface area (Å²) in [6.07, 6.45) is 7.67.